The SMILES string of the molecule is N=C\C=C/C1=C/C\C=C/C(=C\c2cc(-c3cc(-c4ccc(-c5ccccc5)cc4)ccccccn3)cc(-c3cc4ccccc4c4ccccc34)c2)/C=C\1. The van der Waals surface area contributed by atoms with Gasteiger partial charge in [0.25, 0.3) is 0 Å². The van der Waals surface area contributed by atoms with Crippen LogP contribution in [-0.2, 0) is 0 Å². The molecular formula is C53H40N2. The van der Waals surface area contributed by atoms with Gasteiger partial charge in [-0.05, 0) is 127 Å². The average Bonchev–Trinajstić information content (AvgIpc) is 3.23. The number of nitrogens with one attached hydrogen (secondary N) is 1. The van der Waals surface area contributed by atoms with E-state index in [0.717, 1.165) is 51.1 Å². The molecule has 55 heavy (non-hydrogen) atoms. The fraction of sp³-hybridized carbons (Fsp3) is 0.0189. The molecule has 0 aliphatic heterocycles. The standard InChI is InChI=1S/C53H40N2/c54-31-14-17-39-15-7-8-16-40(26-25-39)33-41-34-47(52-37-46-21-9-10-22-49(46)50-23-11-12-24-51(50)52)36-48(35-41)53-38-45(20-4-1-2-13-32-55-53)44-29-27-43(28-30-44)42-18-5-3-6-19-42/h1-6,8-38,54H,7H2/b2-1?,4-1?,13-2?,16-8-,17-14-,20-4?,26-25-,32-13?,39-15-,40-33+,45-20?,45-38?,53-38?,54-31?,55-32?,55-53?. The summed E-state index contributed by atoms with van der Waals surface area (Å²) in [6.07, 6.45) is 20.8. The number of rotatable bonds is 7. The molecule has 0 amide bonds. The van der Waals surface area contributed by atoms with Crippen LogP contribution < -0.4 is 0 Å². The third kappa shape index (κ3) is 8.25. The molecule has 1 aliphatic rings. The van der Waals surface area contributed by atoms with Crippen molar-refractivity contribution in [2.75, 3.05) is 0 Å². The predicted octanol–water partition coefficient (Wildman–Crippen LogP) is 14.2. The van der Waals surface area contributed by atoms with Gasteiger partial charge in [0.05, 0.1) is 5.69 Å². The Hall–Kier alpha value is -7.16. The third-order valence-corrected chi connectivity index (χ3v) is 9.84. The molecule has 1 aliphatic carbocycles. The molecule has 2 nitrogen and oxygen atoms in total. The van der Waals surface area contributed by atoms with Crippen LogP contribution in [0.5, 0.6) is 0 Å². The van der Waals surface area contributed by atoms with Crippen LogP contribution in [0.15, 0.2) is 224 Å². The molecule has 0 saturated heterocycles. The number of allylic oxidation sites excluding steroid dienone is 9. The Kier molecular flexibility index (Phi) is 10.6. The normalized spacial score (nSPS) is 15.5. The lowest BCUT2D eigenvalue weighted by Gasteiger charge is -2.14. The topological polar surface area (TPSA) is 36.7 Å². The summed E-state index contributed by atoms with van der Waals surface area (Å²) < 4.78 is 0. The number of hydrogen-bond donors (Lipinski definition) is 1. The minimum absolute atomic E-state index is 0.818. The molecule has 0 bridgehead atoms. The quantitative estimate of drug-likeness (QED) is 0.130. The maximum absolute atomic E-state index is 7.44. The van der Waals surface area contributed by atoms with Gasteiger partial charge in [-0.15, -0.1) is 0 Å². The van der Waals surface area contributed by atoms with Crippen molar-refractivity contribution in [1.82, 2.24) is 4.98 Å². The molecule has 0 atom stereocenters. The first-order chi connectivity index (χ1) is 27.2. The van der Waals surface area contributed by atoms with E-state index in [4.69, 9.17) is 10.4 Å². The van der Waals surface area contributed by atoms with Gasteiger partial charge in [0.15, 0.2) is 0 Å². The first-order valence-corrected chi connectivity index (χ1v) is 18.7. The summed E-state index contributed by atoms with van der Waals surface area (Å²) in [5.41, 5.74) is 12.0. The van der Waals surface area contributed by atoms with Crippen molar-refractivity contribution in [3.05, 3.63) is 229 Å². The smallest absolute Gasteiger partial charge is 0.0708 e. The second kappa shape index (κ2) is 16.7. The van der Waals surface area contributed by atoms with E-state index in [0.29, 0.717) is 0 Å². The second-order valence-electron chi connectivity index (χ2n) is 13.5. The van der Waals surface area contributed by atoms with Crippen molar-refractivity contribution in [2.45, 2.75) is 6.42 Å². The highest BCUT2D eigenvalue weighted by molar-refractivity contribution is 6.14. The number of benzene rings is 6. The Bertz CT molecular complexity index is 2730. The van der Waals surface area contributed by atoms with E-state index in [-0.39, 0.29) is 0 Å². The van der Waals surface area contributed by atoms with Crippen LogP contribution in [0.4, 0.5) is 0 Å². The maximum atomic E-state index is 7.44. The van der Waals surface area contributed by atoms with E-state index < -0.39 is 0 Å². The highest BCUT2D eigenvalue weighted by atomic mass is 14.7. The van der Waals surface area contributed by atoms with Crippen LogP contribution in [0, 0.1) is 5.41 Å². The van der Waals surface area contributed by atoms with Crippen LogP contribution in [0.2, 0.25) is 0 Å². The summed E-state index contributed by atoms with van der Waals surface area (Å²) in [6, 6.07) is 58.3. The zero-order valence-electron chi connectivity index (χ0n) is 30.5. The fourth-order valence-electron chi connectivity index (χ4n) is 7.14. The van der Waals surface area contributed by atoms with Crippen LogP contribution >= 0.6 is 0 Å². The number of aromatic nitrogens is 1. The fourth-order valence-corrected chi connectivity index (χ4v) is 7.14. The van der Waals surface area contributed by atoms with Crippen LogP contribution in [0.1, 0.15) is 12.0 Å². The molecule has 262 valence electrons. The van der Waals surface area contributed by atoms with Gasteiger partial charge in [-0.25, -0.2) is 0 Å². The van der Waals surface area contributed by atoms with Gasteiger partial charge in [0.2, 0.25) is 0 Å². The monoisotopic (exact) mass is 704 g/mol. The molecule has 0 spiro atoms. The summed E-state index contributed by atoms with van der Waals surface area (Å²) >= 11 is 0. The minimum Gasteiger partial charge on any atom is -0.309 e. The first kappa shape index (κ1) is 34.9. The van der Waals surface area contributed by atoms with Crippen molar-refractivity contribution in [2.24, 2.45) is 0 Å². The lowest BCUT2D eigenvalue weighted by atomic mass is 9.90. The molecule has 8 rings (SSSR count). The van der Waals surface area contributed by atoms with E-state index in [2.05, 4.69) is 176 Å². The molecule has 0 saturated carbocycles. The van der Waals surface area contributed by atoms with Gasteiger partial charge < -0.3 is 5.41 Å². The van der Waals surface area contributed by atoms with Gasteiger partial charge in [-0.1, -0.05) is 164 Å². The zero-order valence-corrected chi connectivity index (χ0v) is 30.5. The summed E-state index contributed by atoms with van der Waals surface area (Å²) in [6.45, 7) is 0. The van der Waals surface area contributed by atoms with E-state index in [1.54, 1.807) is 6.08 Å². The third-order valence-electron chi connectivity index (χ3n) is 9.84. The van der Waals surface area contributed by atoms with Crippen molar-refractivity contribution in [1.29, 1.82) is 5.41 Å². The number of fused-ring (bicyclic) bond motifs is 3. The zero-order chi connectivity index (χ0) is 37.2. The molecule has 6 aromatic carbocycles. The molecule has 1 N–H and O–H groups in total. The lowest BCUT2D eigenvalue weighted by Crippen LogP contribution is -1.90. The molecule has 1 heterocycles. The molecule has 7 aromatic rings. The molecule has 1 aromatic heterocycles. The average molecular weight is 705 g/mol. The summed E-state index contributed by atoms with van der Waals surface area (Å²) in [5, 5.41) is 12.3. The number of nitrogens with zero attached hydrogens (tertiary/aromatic N) is 1. The van der Waals surface area contributed by atoms with Crippen molar-refractivity contribution >= 4 is 33.8 Å². The summed E-state index contributed by atoms with van der Waals surface area (Å²) in [4.78, 5) is 5.09. The van der Waals surface area contributed by atoms with Crippen LogP contribution in [-0.4, -0.2) is 11.2 Å². The Labute approximate surface area is 323 Å². The Morgan fingerprint density at radius 1 is 0.509 bits per heavy atom. The molecular weight excluding hydrogens is 665 g/mol. The van der Waals surface area contributed by atoms with Gasteiger partial charge in [0.1, 0.15) is 0 Å². The molecule has 2 heteroatoms. The number of hydrogen-bond acceptors (Lipinski definition) is 2. The molecule has 0 unspecified atom stereocenters. The molecule has 0 fully saturated rings. The Morgan fingerprint density at radius 3 is 1.98 bits per heavy atom. The maximum Gasteiger partial charge on any atom is 0.0708 e. The van der Waals surface area contributed by atoms with Crippen molar-refractivity contribution in [3.63, 3.8) is 0 Å². The molecule has 0 radical (unpaired) electrons. The van der Waals surface area contributed by atoms with E-state index in [1.165, 1.54) is 44.4 Å². The second-order valence-corrected chi connectivity index (χ2v) is 13.5. The first-order valence-electron chi connectivity index (χ1n) is 18.7. The van der Waals surface area contributed by atoms with Crippen LogP contribution in [0.3, 0.4) is 0 Å². The van der Waals surface area contributed by atoms with Crippen molar-refractivity contribution < 1.29 is 0 Å². The van der Waals surface area contributed by atoms with Crippen LogP contribution in [0.25, 0.3) is 72.3 Å². The van der Waals surface area contributed by atoms with E-state index in [9.17, 15) is 0 Å². The lowest BCUT2D eigenvalue weighted by molar-refractivity contribution is 1.34. The Morgan fingerprint density at radius 2 is 1.16 bits per heavy atom. The summed E-state index contributed by atoms with van der Waals surface area (Å²) in [5.74, 6) is 0. The highest BCUT2D eigenvalue weighted by Gasteiger charge is 2.12. The van der Waals surface area contributed by atoms with Gasteiger partial charge in [-0.2, -0.15) is 0 Å². The largest absolute Gasteiger partial charge is 0.309 e. The van der Waals surface area contributed by atoms with Gasteiger partial charge >= 0.3 is 0 Å². The Balaban J connectivity index is 1.32. The van der Waals surface area contributed by atoms with Gasteiger partial charge in [-0.3, -0.25) is 4.98 Å². The summed E-state index contributed by atoms with van der Waals surface area (Å²) in [7, 11) is 0. The predicted molar refractivity (Wildman–Crippen MR) is 236 cm³/mol. The van der Waals surface area contributed by atoms with Crippen molar-refractivity contribution in [3.8, 4) is 44.6 Å². The van der Waals surface area contributed by atoms with E-state index >= 15 is 0 Å². The minimum atomic E-state index is 0.818. The van der Waals surface area contributed by atoms with Gasteiger partial charge in [0, 0.05) is 18.0 Å². The highest BCUT2D eigenvalue weighted by Crippen LogP contribution is 2.38. The van der Waals surface area contributed by atoms with E-state index in [1.807, 2.05) is 36.5 Å².